The number of fused-ring (bicyclic) bond motifs is 1. The highest BCUT2D eigenvalue weighted by molar-refractivity contribution is 5.94. The van der Waals surface area contributed by atoms with Crippen molar-refractivity contribution in [1.29, 1.82) is 0 Å². The Labute approximate surface area is 178 Å². The van der Waals surface area contributed by atoms with Gasteiger partial charge in [0.1, 0.15) is 18.1 Å². The molecule has 0 spiro atoms. The van der Waals surface area contributed by atoms with Gasteiger partial charge in [-0.2, -0.15) is 0 Å². The first-order valence-electron chi connectivity index (χ1n) is 9.55. The molecule has 2 aromatic heterocycles. The van der Waals surface area contributed by atoms with Crippen LogP contribution in [-0.4, -0.2) is 34.1 Å². The zero-order valence-electron chi connectivity index (χ0n) is 16.7. The number of pyridine rings is 1. The van der Waals surface area contributed by atoms with Gasteiger partial charge in [-0.3, -0.25) is 4.90 Å². The van der Waals surface area contributed by atoms with Crippen LogP contribution in [-0.2, 0) is 0 Å². The van der Waals surface area contributed by atoms with Crippen LogP contribution >= 0.6 is 0 Å². The number of aromatic nitrogens is 3. The van der Waals surface area contributed by atoms with E-state index in [1.54, 1.807) is 29.3 Å². The molecule has 0 radical (unpaired) electrons. The lowest BCUT2D eigenvalue weighted by atomic mass is 10.1. The Kier molecular flexibility index (Phi) is 5.62. The van der Waals surface area contributed by atoms with E-state index in [-0.39, 0.29) is 23.8 Å². The molecule has 3 heterocycles. The van der Waals surface area contributed by atoms with Gasteiger partial charge in [-0.25, -0.2) is 24.1 Å². The highest BCUT2D eigenvalue weighted by Crippen LogP contribution is 2.30. The van der Waals surface area contributed by atoms with Crippen molar-refractivity contribution in [3.63, 3.8) is 0 Å². The van der Waals surface area contributed by atoms with Gasteiger partial charge >= 0.3 is 6.03 Å². The first-order chi connectivity index (χ1) is 15.0. The molecule has 0 unspecified atom stereocenters. The molecule has 3 N–H and O–H groups in total. The number of carbonyl (C=O) groups is 1. The van der Waals surface area contributed by atoms with Crippen LogP contribution < -0.4 is 20.7 Å². The summed E-state index contributed by atoms with van der Waals surface area (Å²) >= 11 is 0. The summed E-state index contributed by atoms with van der Waals surface area (Å²) in [5.41, 5.74) is 8.00. The smallest absolute Gasteiger partial charge is 0.322 e. The Hall–Kier alpha value is -4.19. The second-order valence-corrected chi connectivity index (χ2v) is 6.85. The average molecular weight is 418 g/mol. The molecular formula is C22H19FN6O2. The molecular weight excluding hydrogens is 399 g/mol. The second-order valence-electron chi connectivity index (χ2n) is 6.85. The van der Waals surface area contributed by atoms with Gasteiger partial charge in [0.05, 0.1) is 18.2 Å². The van der Waals surface area contributed by atoms with Crippen molar-refractivity contribution < 1.29 is 13.9 Å². The molecule has 0 fully saturated rings. The van der Waals surface area contributed by atoms with E-state index in [0.717, 1.165) is 5.56 Å². The summed E-state index contributed by atoms with van der Waals surface area (Å²) in [6.07, 6.45) is 4.63. The maximum Gasteiger partial charge on any atom is 0.322 e. The van der Waals surface area contributed by atoms with Gasteiger partial charge in [0, 0.05) is 24.2 Å². The number of halogens is 1. The van der Waals surface area contributed by atoms with E-state index in [4.69, 9.17) is 10.5 Å². The zero-order valence-corrected chi connectivity index (χ0v) is 16.7. The molecule has 0 bridgehead atoms. The number of benzene rings is 1. The highest BCUT2D eigenvalue weighted by Gasteiger charge is 2.26. The van der Waals surface area contributed by atoms with Crippen molar-refractivity contribution in [2.24, 2.45) is 0 Å². The van der Waals surface area contributed by atoms with E-state index in [9.17, 15) is 9.18 Å². The predicted octanol–water partition coefficient (Wildman–Crippen LogP) is 2.66. The van der Waals surface area contributed by atoms with Crippen molar-refractivity contribution in [2.45, 2.75) is 13.0 Å². The van der Waals surface area contributed by atoms with Crippen LogP contribution in [0.1, 0.15) is 29.7 Å². The maximum absolute atomic E-state index is 13.2. The van der Waals surface area contributed by atoms with Crippen molar-refractivity contribution in [3.8, 4) is 17.7 Å². The summed E-state index contributed by atoms with van der Waals surface area (Å²) in [4.78, 5) is 26.6. The topological polar surface area (TPSA) is 106 Å². The lowest BCUT2D eigenvalue weighted by Crippen LogP contribution is -2.45. The molecule has 4 rings (SSSR count). The van der Waals surface area contributed by atoms with Gasteiger partial charge < -0.3 is 15.8 Å². The minimum atomic E-state index is -0.324. The molecule has 0 saturated heterocycles. The van der Waals surface area contributed by atoms with Crippen LogP contribution in [0, 0.1) is 17.7 Å². The summed E-state index contributed by atoms with van der Waals surface area (Å²) in [5, 5.41) is 2.93. The van der Waals surface area contributed by atoms with Crippen LogP contribution in [0.5, 0.6) is 5.88 Å². The summed E-state index contributed by atoms with van der Waals surface area (Å²) < 4.78 is 18.7. The number of nitrogens with one attached hydrogen (secondary N) is 1. The molecule has 1 aliphatic rings. The molecule has 156 valence electrons. The van der Waals surface area contributed by atoms with Gasteiger partial charge in [-0.05, 0) is 30.7 Å². The zero-order chi connectivity index (χ0) is 21.8. The number of anilines is 2. The molecule has 1 aliphatic heterocycles. The molecule has 0 saturated carbocycles. The molecule has 1 aromatic carbocycles. The Morgan fingerprint density at radius 1 is 1.16 bits per heavy atom. The Morgan fingerprint density at radius 2 is 1.84 bits per heavy atom. The van der Waals surface area contributed by atoms with Crippen LogP contribution in [0.4, 0.5) is 20.8 Å². The molecule has 9 heteroatoms. The number of hydrogen-bond donors (Lipinski definition) is 2. The number of hydrogen-bond acceptors (Lipinski definition) is 6. The predicted molar refractivity (Wildman–Crippen MR) is 113 cm³/mol. The average Bonchev–Trinajstić information content (AvgIpc) is 2.78. The molecule has 31 heavy (non-hydrogen) atoms. The van der Waals surface area contributed by atoms with Crippen LogP contribution in [0.3, 0.4) is 0 Å². The van der Waals surface area contributed by atoms with E-state index in [1.165, 1.54) is 24.5 Å². The van der Waals surface area contributed by atoms with Crippen LogP contribution in [0.25, 0.3) is 0 Å². The minimum absolute atomic E-state index is 0.176. The Bertz CT molecular complexity index is 1160. The van der Waals surface area contributed by atoms with Crippen LogP contribution in [0.2, 0.25) is 0 Å². The monoisotopic (exact) mass is 418 g/mol. The summed E-state index contributed by atoms with van der Waals surface area (Å²) in [6.45, 7) is 2.52. The Morgan fingerprint density at radius 3 is 2.58 bits per heavy atom. The van der Waals surface area contributed by atoms with E-state index in [1.807, 2.05) is 6.92 Å². The first kappa shape index (κ1) is 20.1. The van der Waals surface area contributed by atoms with E-state index < -0.39 is 0 Å². The van der Waals surface area contributed by atoms with Gasteiger partial charge in [0.25, 0.3) is 0 Å². The van der Waals surface area contributed by atoms with Gasteiger partial charge in [-0.15, -0.1) is 0 Å². The standard InChI is InChI=1S/C22H19FN6O2/c1-14(17-4-6-18(23)7-5-17)28-22(30)29-8-9-31-20-19(29)10-15(11-25-20)2-3-16-12-26-21(24)27-13-16/h4-7,10-14H,8-9H2,1H3,(H,28,30)(H2,24,26,27)/t14-/m0/s1. The molecule has 8 nitrogen and oxygen atoms in total. The molecule has 3 aromatic rings. The number of urea groups is 1. The largest absolute Gasteiger partial charge is 0.474 e. The Balaban J connectivity index is 1.53. The second kappa shape index (κ2) is 8.67. The van der Waals surface area contributed by atoms with E-state index >= 15 is 0 Å². The van der Waals surface area contributed by atoms with Crippen LogP contribution in [0.15, 0.2) is 48.9 Å². The number of ether oxygens (including phenoxy) is 1. The van der Waals surface area contributed by atoms with Crippen molar-refractivity contribution in [3.05, 3.63) is 71.4 Å². The van der Waals surface area contributed by atoms with E-state index in [0.29, 0.717) is 35.8 Å². The third kappa shape index (κ3) is 4.70. The fourth-order valence-electron chi connectivity index (χ4n) is 3.02. The molecule has 2 amide bonds. The fraction of sp³-hybridized carbons (Fsp3) is 0.182. The fourth-order valence-corrected chi connectivity index (χ4v) is 3.02. The van der Waals surface area contributed by atoms with E-state index in [2.05, 4.69) is 32.1 Å². The number of carbonyl (C=O) groups excluding carboxylic acids is 1. The third-order valence-corrected chi connectivity index (χ3v) is 4.65. The van der Waals surface area contributed by atoms with Crippen molar-refractivity contribution >= 4 is 17.7 Å². The number of rotatable bonds is 2. The highest BCUT2D eigenvalue weighted by atomic mass is 19.1. The quantitative estimate of drug-likeness (QED) is 0.620. The number of nitrogens with zero attached hydrogens (tertiary/aromatic N) is 4. The SMILES string of the molecule is C[C@H](NC(=O)N1CCOc2ncc(C#Cc3cnc(N)nc3)cc21)c1ccc(F)cc1. The van der Waals surface area contributed by atoms with Crippen molar-refractivity contribution in [2.75, 3.05) is 23.8 Å². The normalized spacial score (nSPS) is 13.3. The van der Waals surface area contributed by atoms with Crippen molar-refractivity contribution in [1.82, 2.24) is 20.3 Å². The van der Waals surface area contributed by atoms with Gasteiger partial charge in [0.2, 0.25) is 11.8 Å². The summed E-state index contributed by atoms with van der Waals surface area (Å²) in [7, 11) is 0. The number of amides is 2. The third-order valence-electron chi connectivity index (χ3n) is 4.65. The summed E-state index contributed by atoms with van der Waals surface area (Å²) in [6, 6.07) is 7.15. The minimum Gasteiger partial charge on any atom is -0.474 e. The number of nitrogens with two attached hydrogens (primary N) is 1. The lowest BCUT2D eigenvalue weighted by molar-refractivity contribution is 0.236. The molecule has 1 atom stereocenters. The number of nitrogen functional groups attached to an aromatic ring is 1. The first-order valence-corrected chi connectivity index (χ1v) is 9.55. The maximum atomic E-state index is 13.2. The lowest BCUT2D eigenvalue weighted by Gasteiger charge is -2.30. The van der Waals surface area contributed by atoms with Gasteiger partial charge in [0.15, 0.2) is 0 Å². The summed E-state index contributed by atoms with van der Waals surface area (Å²) in [5.74, 6) is 6.13. The van der Waals surface area contributed by atoms with Gasteiger partial charge in [-0.1, -0.05) is 24.0 Å². The molecule has 0 aliphatic carbocycles.